The van der Waals surface area contributed by atoms with Crippen molar-refractivity contribution in [1.29, 1.82) is 0 Å². The Morgan fingerprint density at radius 3 is 2.75 bits per heavy atom. The highest BCUT2D eigenvalue weighted by Crippen LogP contribution is 2.32. The van der Waals surface area contributed by atoms with Crippen molar-refractivity contribution in [3.8, 4) is 0 Å². The van der Waals surface area contributed by atoms with Crippen molar-refractivity contribution in [3.05, 3.63) is 35.7 Å². The van der Waals surface area contributed by atoms with Gasteiger partial charge in [0.05, 0.1) is 13.3 Å². The molecule has 0 amide bonds. The fourth-order valence-corrected chi connectivity index (χ4v) is 2.81. The average molecular weight is 272 g/mol. The van der Waals surface area contributed by atoms with Gasteiger partial charge in [-0.05, 0) is 30.9 Å². The van der Waals surface area contributed by atoms with Gasteiger partial charge in [0.25, 0.3) is 0 Å². The third-order valence-corrected chi connectivity index (χ3v) is 4.08. The van der Waals surface area contributed by atoms with Gasteiger partial charge in [-0.1, -0.05) is 31.8 Å². The smallest absolute Gasteiger partial charge is 0.168 e. The second-order valence-electron chi connectivity index (χ2n) is 5.63. The number of allylic oxidation sites excluding steroid dienone is 1. The summed E-state index contributed by atoms with van der Waals surface area (Å²) in [4.78, 5) is 4.25. The number of rotatable bonds is 7. The van der Waals surface area contributed by atoms with Crippen LogP contribution >= 0.6 is 0 Å². The Labute approximate surface area is 122 Å². The van der Waals surface area contributed by atoms with E-state index in [1.165, 1.54) is 42.5 Å². The predicted octanol–water partition coefficient (Wildman–Crippen LogP) is 4.01. The molecule has 108 valence electrons. The van der Waals surface area contributed by atoms with Gasteiger partial charge < -0.3 is 0 Å². The van der Waals surface area contributed by atoms with Crippen molar-refractivity contribution in [2.24, 2.45) is 5.10 Å². The van der Waals surface area contributed by atoms with E-state index in [0.717, 1.165) is 13.0 Å². The summed E-state index contributed by atoms with van der Waals surface area (Å²) >= 11 is 0. The maximum absolute atomic E-state index is 4.70. The Balaban J connectivity index is 2.15. The number of hydrogen-bond acceptors (Lipinski definition) is 2. The van der Waals surface area contributed by atoms with Gasteiger partial charge in [0.15, 0.2) is 5.70 Å². The van der Waals surface area contributed by atoms with Crippen LogP contribution in [0.4, 0.5) is 0 Å². The zero-order valence-corrected chi connectivity index (χ0v) is 13.0. The molecule has 0 aromatic carbocycles. The second kappa shape index (κ2) is 6.80. The molecule has 2 heterocycles. The van der Waals surface area contributed by atoms with Crippen LogP contribution in [0, 0.1) is 0 Å². The standard InChI is InChI=1S/C17H26N3/c1-4-6-7-8-13-20(3)17(10-12-19-20)16-9-11-18-14-15(16)5-2/h9-12,14H,4-8,13H2,1-3H3/q+1. The predicted molar refractivity (Wildman–Crippen MR) is 85.3 cm³/mol. The highest BCUT2D eigenvalue weighted by Gasteiger charge is 2.32. The van der Waals surface area contributed by atoms with Crippen LogP contribution in [-0.4, -0.2) is 29.4 Å². The second-order valence-corrected chi connectivity index (χ2v) is 5.63. The van der Waals surface area contributed by atoms with E-state index < -0.39 is 0 Å². The lowest BCUT2D eigenvalue weighted by Crippen LogP contribution is -2.35. The van der Waals surface area contributed by atoms with Gasteiger partial charge in [0.2, 0.25) is 0 Å². The Kier molecular flexibility index (Phi) is 5.07. The van der Waals surface area contributed by atoms with E-state index in [2.05, 4.69) is 38.0 Å². The van der Waals surface area contributed by atoms with Crippen LogP contribution in [-0.2, 0) is 6.42 Å². The third-order valence-electron chi connectivity index (χ3n) is 4.08. The summed E-state index contributed by atoms with van der Waals surface area (Å²) in [6, 6.07) is 2.13. The number of hydrogen-bond donors (Lipinski definition) is 0. The number of aromatic nitrogens is 1. The normalized spacial score (nSPS) is 21.2. The molecule has 0 fully saturated rings. The Hall–Kier alpha value is -1.48. The zero-order valence-electron chi connectivity index (χ0n) is 13.0. The van der Waals surface area contributed by atoms with Crippen LogP contribution in [0.25, 0.3) is 5.70 Å². The molecule has 1 unspecified atom stereocenters. The van der Waals surface area contributed by atoms with E-state index in [9.17, 15) is 0 Å². The summed E-state index contributed by atoms with van der Waals surface area (Å²) in [5.74, 6) is 0. The molecule has 0 radical (unpaired) electrons. The molecule has 1 aliphatic rings. The molecular weight excluding hydrogens is 246 g/mol. The molecular formula is C17H26N3+. The first-order chi connectivity index (χ1) is 9.71. The SMILES string of the molecule is CCCCCC[N+]1(C)N=CC=C1c1ccncc1CC. The molecule has 3 heteroatoms. The number of unbranched alkanes of at least 4 members (excludes halogenated alkanes) is 3. The quantitative estimate of drug-likeness (QED) is 0.544. The van der Waals surface area contributed by atoms with Gasteiger partial charge in [-0.15, -0.1) is 0 Å². The van der Waals surface area contributed by atoms with Crippen LogP contribution in [0.5, 0.6) is 0 Å². The Morgan fingerprint density at radius 2 is 2.00 bits per heavy atom. The van der Waals surface area contributed by atoms with Crippen LogP contribution in [0.1, 0.15) is 50.7 Å². The molecule has 0 N–H and O–H groups in total. The summed E-state index contributed by atoms with van der Waals surface area (Å²) in [6.07, 6.45) is 14.1. The molecule has 3 nitrogen and oxygen atoms in total. The van der Waals surface area contributed by atoms with Gasteiger partial charge >= 0.3 is 0 Å². The van der Waals surface area contributed by atoms with Gasteiger partial charge in [-0.25, -0.2) is 0 Å². The average Bonchev–Trinajstić information content (AvgIpc) is 2.85. The minimum absolute atomic E-state index is 0.681. The maximum atomic E-state index is 4.70. The van der Waals surface area contributed by atoms with Crippen molar-refractivity contribution >= 4 is 11.9 Å². The number of quaternary nitrogens is 1. The Morgan fingerprint density at radius 1 is 1.15 bits per heavy atom. The molecule has 1 atom stereocenters. The van der Waals surface area contributed by atoms with Crippen molar-refractivity contribution in [1.82, 2.24) is 4.98 Å². The highest BCUT2D eigenvalue weighted by atomic mass is 15.6. The first-order valence-corrected chi connectivity index (χ1v) is 7.76. The van der Waals surface area contributed by atoms with Crippen LogP contribution in [0.15, 0.2) is 29.6 Å². The molecule has 1 aliphatic heterocycles. The van der Waals surface area contributed by atoms with E-state index in [0.29, 0.717) is 4.59 Å². The van der Waals surface area contributed by atoms with Crippen molar-refractivity contribution in [2.45, 2.75) is 46.0 Å². The molecule has 1 aromatic heterocycles. The summed E-state index contributed by atoms with van der Waals surface area (Å²) in [7, 11) is 2.21. The first kappa shape index (κ1) is 14.9. The van der Waals surface area contributed by atoms with E-state index in [-0.39, 0.29) is 0 Å². The summed E-state index contributed by atoms with van der Waals surface area (Å²) in [6.45, 7) is 5.51. The monoisotopic (exact) mass is 272 g/mol. The van der Waals surface area contributed by atoms with Crippen molar-refractivity contribution < 1.29 is 4.59 Å². The van der Waals surface area contributed by atoms with Crippen molar-refractivity contribution in [2.75, 3.05) is 13.6 Å². The molecule has 0 spiro atoms. The van der Waals surface area contributed by atoms with Crippen molar-refractivity contribution in [3.63, 3.8) is 0 Å². The topological polar surface area (TPSA) is 25.2 Å². The minimum Gasteiger partial charge on any atom is -0.264 e. The molecule has 0 bridgehead atoms. The lowest BCUT2D eigenvalue weighted by molar-refractivity contribution is -0.844. The molecule has 0 saturated heterocycles. The van der Waals surface area contributed by atoms with Gasteiger partial charge in [-0.2, -0.15) is 4.59 Å². The van der Waals surface area contributed by atoms with Crippen LogP contribution in [0.2, 0.25) is 0 Å². The zero-order chi connectivity index (χ0) is 14.4. The summed E-state index contributed by atoms with van der Waals surface area (Å²) < 4.78 is 0.681. The van der Waals surface area contributed by atoms with Crippen LogP contribution in [0.3, 0.4) is 0 Å². The fourth-order valence-electron chi connectivity index (χ4n) is 2.81. The lowest BCUT2D eigenvalue weighted by atomic mass is 10.0. The lowest BCUT2D eigenvalue weighted by Gasteiger charge is -2.27. The maximum Gasteiger partial charge on any atom is 0.168 e. The number of nitrogens with zero attached hydrogens (tertiary/aromatic N) is 3. The number of aryl methyl sites for hydroxylation is 1. The third kappa shape index (κ3) is 3.15. The molecule has 20 heavy (non-hydrogen) atoms. The molecule has 1 aromatic rings. The van der Waals surface area contributed by atoms with Crippen LogP contribution < -0.4 is 0 Å². The summed E-state index contributed by atoms with van der Waals surface area (Å²) in [5, 5.41) is 4.70. The minimum atomic E-state index is 0.681. The largest absolute Gasteiger partial charge is 0.264 e. The molecule has 0 saturated carbocycles. The van der Waals surface area contributed by atoms with Gasteiger partial charge in [0.1, 0.15) is 6.54 Å². The molecule has 0 aliphatic carbocycles. The Bertz CT molecular complexity index is 505. The number of pyridine rings is 1. The van der Waals surface area contributed by atoms with E-state index >= 15 is 0 Å². The molecule has 2 rings (SSSR count). The summed E-state index contributed by atoms with van der Waals surface area (Å²) in [5.41, 5.74) is 3.92. The fraction of sp³-hybridized carbons (Fsp3) is 0.529. The van der Waals surface area contributed by atoms with E-state index in [1.807, 2.05) is 18.6 Å². The highest BCUT2D eigenvalue weighted by molar-refractivity contribution is 5.85. The van der Waals surface area contributed by atoms with Gasteiger partial charge in [0, 0.05) is 24.0 Å². The van der Waals surface area contributed by atoms with E-state index in [1.54, 1.807) is 0 Å². The van der Waals surface area contributed by atoms with E-state index in [4.69, 9.17) is 5.10 Å². The first-order valence-electron chi connectivity index (χ1n) is 7.76. The van der Waals surface area contributed by atoms with Gasteiger partial charge in [-0.3, -0.25) is 4.98 Å².